The van der Waals surface area contributed by atoms with Gasteiger partial charge in [0.1, 0.15) is 17.7 Å². The third-order valence-corrected chi connectivity index (χ3v) is 6.01. The lowest BCUT2D eigenvalue weighted by molar-refractivity contribution is 0.0518. The van der Waals surface area contributed by atoms with Gasteiger partial charge in [0.2, 0.25) is 0 Å². The lowest BCUT2D eigenvalue weighted by Crippen LogP contribution is -2.18. The molecule has 0 saturated carbocycles. The highest BCUT2D eigenvalue weighted by Gasteiger charge is 2.31. The second-order valence-electron chi connectivity index (χ2n) is 7.66. The van der Waals surface area contributed by atoms with Gasteiger partial charge in [-0.1, -0.05) is 23.7 Å². The van der Waals surface area contributed by atoms with Crippen LogP contribution in [0.15, 0.2) is 41.1 Å². The second-order valence-corrected chi connectivity index (χ2v) is 8.77. The second kappa shape index (κ2) is 10.4. The Bertz CT molecular complexity index is 1240. The minimum atomic E-state index is -0.676. The summed E-state index contributed by atoms with van der Waals surface area (Å²) in [4.78, 5) is 17.2. The van der Waals surface area contributed by atoms with Gasteiger partial charge < -0.3 is 9.30 Å². The van der Waals surface area contributed by atoms with Crippen molar-refractivity contribution in [2.75, 3.05) is 6.61 Å². The molecule has 1 atom stereocenters. The third-order valence-electron chi connectivity index (χ3n) is 5.16. The van der Waals surface area contributed by atoms with Crippen LogP contribution in [-0.4, -0.2) is 22.1 Å². The van der Waals surface area contributed by atoms with Crippen molar-refractivity contribution >= 4 is 33.5 Å². The van der Waals surface area contributed by atoms with Gasteiger partial charge in [-0.2, -0.15) is 5.26 Å². The van der Waals surface area contributed by atoms with Gasteiger partial charge in [-0.05, 0) is 78.5 Å². The van der Waals surface area contributed by atoms with Gasteiger partial charge in [0.25, 0.3) is 0 Å². The minimum absolute atomic E-state index is 0.0403. The number of hydrogen-bond donors (Lipinski definition) is 0. The highest BCUT2D eigenvalue weighted by atomic mass is 79.9. The number of halogens is 4. The molecule has 1 heterocycles. The topological polar surface area (TPSA) is 67.9 Å². The van der Waals surface area contributed by atoms with Gasteiger partial charge in [-0.3, -0.25) is 0 Å². The molecule has 0 amide bonds. The zero-order valence-electron chi connectivity index (χ0n) is 18.2. The van der Waals surface area contributed by atoms with Crippen LogP contribution in [0.4, 0.5) is 8.78 Å². The van der Waals surface area contributed by atoms with E-state index in [1.165, 1.54) is 24.3 Å². The molecule has 0 aliphatic heterocycles. The number of carbonyl (C=O) groups excluding carboxylic acids is 1. The highest BCUT2D eigenvalue weighted by molar-refractivity contribution is 9.10. The third kappa shape index (κ3) is 5.26. The van der Waals surface area contributed by atoms with Gasteiger partial charge in [0.05, 0.1) is 22.9 Å². The molecule has 0 spiro atoms. The molecule has 0 N–H and O–H groups in total. The summed E-state index contributed by atoms with van der Waals surface area (Å²) in [5.74, 6) is -2.41. The van der Waals surface area contributed by atoms with E-state index in [-0.39, 0.29) is 35.3 Å². The summed E-state index contributed by atoms with van der Waals surface area (Å²) < 4.78 is 35.8. The van der Waals surface area contributed by atoms with E-state index >= 15 is 0 Å². The highest BCUT2D eigenvalue weighted by Crippen LogP contribution is 2.36. The van der Waals surface area contributed by atoms with E-state index in [2.05, 4.69) is 20.9 Å². The minimum Gasteiger partial charge on any atom is -0.461 e. The summed E-state index contributed by atoms with van der Waals surface area (Å²) in [6.07, 6.45) is 0.266. The fraction of sp³-hybridized carbons (Fsp3) is 0.292. The summed E-state index contributed by atoms with van der Waals surface area (Å²) >= 11 is 9.42. The SMILES string of the molecule is CCOC(=O)c1nc(Br)n(C(C)C)c1C(Cc1ccc(F)c(Cl)c1)c1ccc(C#N)c(F)c1. The molecule has 0 aliphatic rings. The van der Waals surface area contributed by atoms with E-state index < -0.39 is 23.5 Å². The Morgan fingerprint density at radius 2 is 1.97 bits per heavy atom. The van der Waals surface area contributed by atoms with Crippen molar-refractivity contribution < 1.29 is 18.3 Å². The summed E-state index contributed by atoms with van der Waals surface area (Å²) in [6.45, 7) is 5.71. The van der Waals surface area contributed by atoms with Crippen molar-refractivity contribution in [3.8, 4) is 6.07 Å². The van der Waals surface area contributed by atoms with Crippen LogP contribution in [0.5, 0.6) is 0 Å². The van der Waals surface area contributed by atoms with Crippen LogP contribution in [0.3, 0.4) is 0 Å². The van der Waals surface area contributed by atoms with E-state index in [9.17, 15) is 13.6 Å². The maximum Gasteiger partial charge on any atom is 0.358 e. The summed E-state index contributed by atoms with van der Waals surface area (Å²) in [6, 6.07) is 10.4. The summed E-state index contributed by atoms with van der Waals surface area (Å²) in [7, 11) is 0. The number of benzene rings is 2. The molecule has 0 saturated heterocycles. The molecule has 3 rings (SSSR count). The number of carbonyl (C=O) groups is 1. The van der Waals surface area contributed by atoms with Crippen molar-refractivity contribution in [1.29, 1.82) is 5.26 Å². The number of nitrogens with zero attached hydrogens (tertiary/aromatic N) is 3. The molecular weight excluding hydrogens is 516 g/mol. The Hall–Kier alpha value is -2.76. The van der Waals surface area contributed by atoms with E-state index in [1.807, 2.05) is 24.5 Å². The Kier molecular flexibility index (Phi) is 7.88. The summed E-state index contributed by atoms with van der Waals surface area (Å²) in [5, 5.41) is 9.09. The number of aromatic nitrogens is 2. The van der Waals surface area contributed by atoms with Gasteiger partial charge in [0, 0.05) is 12.0 Å². The Balaban J connectivity index is 2.27. The standard InChI is InChI=1S/C24H21BrClF2N3O2/c1-4-33-23(32)21-22(31(13(2)3)24(25)30-21)17(9-14-5-8-19(27)18(26)10-14)15-6-7-16(12-29)20(28)11-15/h5-8,10-11,13,17H,4,9H2,1-3H3. The lowest BCUT2D eigenvalue weighted by Gasteiger charge is -2.23. The van der Waals surface area contributed by atoms with Crippen LogP contribution in [0.1, 0.15) is 65.6 Å². The van der Waals surface area contributed by atoms with Gasteiger partial charge >= 0.3 is 5.97 Å². The van der Waals surface area contributed by atoms with Crippen LogP contribution < -0.4 is 0 Å². The predicted octanol–water partition coefficient (Wildman–Crippen LogP) is 6.58. The summed E-state index contributed by atoms with van der Waals surface area (Å²) in [5.41, 5.74) is 1.72. The molecule has 0 aliphatic carbocycles. The maximum absolute atomic E-state index is 14.6. The van der Waals surface area contributed by atoms with E-state index in [1.54, 1.807) is 19.1 Å². The van der Waals surface area contributed by atoms with E-state index in [0.717, 1.165) is 0 Å². The fourth-order valence-electron chi connectivity index (χ4n) is 3.70. The number of rotatable bonds is 7. The first-order valence-electron chi connectivity index (χ1n) is 10.3. The fourth-order valence-corrected chi connectivity index (χ4v) is 4.69. The molecule has 0 bridgehead atoms. The predicted molar refractivity (Wildman–Crippen MR) is 124 cm³/mol. The Labute approximate surface area is 204 Å². The molecule has 1 unspecified atom stereocenters. The van der Waals surface area contributed by atoms with Crippen LogP contribution in [0, 0.1) is 23.0 Å². The van der Waals surface area contributed by atoms with E-state index in [4.69, 9.17) is 21.6 Å². The molecule has 9 heteroatoms. The number of imidazole rings is 1. The number of nitriles is 1. The van der Waals surface area contributed by atoms with Crippen molar-refractivity contribution in [1.82, 2.24) is 9.55 Å². The van der Waals surface area contributed by atoms with Crippen LogP contribution >= 0.6 is 27.5 Å². The molecule has 3 aromatic rings. The molecule has 33 heavy (non-hydrogen) atoms. The first kappa shape index (κ1) is 24.9. The molecular formula is C24H21BrClF2N3O2. The molecule has 5 nitrogen and oxygen atoms in total. The van der Waals surface area contributed by atoms with Gasteiger partial charge in [-0.15, -0.1) is 0 Å². The lowest BCUT2D eigenvalue weighted by atomic mass is 9.87. The van der Waals surface area contributed by atoms with Crippen molar-refractivity contribution in [2.24, 2.45) is 0 Å². The maximum atomic E-state index is 14.6. The average Bonchev–Trinajstić information content (AvgIpc) is 3.11. The van der Waals surface area contributed by atoms with Crippen LogP contribution in [-0.2, 0) is 11.2 Å². The van der Waals surface area contributed by atoms with Crippen molar-refractivity contribution in [2.45, 2.75) is 39.2 Å². The molecule has 0 radical (unpaired) electrons. The Morgan fingerprint density at radius 1 is 1.24 bits per heavy atom. The average molecular weight is 537 g/mol. The zero-order valence-corrected chi connectivity index (χ0v) is 20.5. The first-order valence-corrected chi connectivity index (χ1v) is 11.4. The normalized spacial score (nSPS) is 12.0. The smallest absolute Gasteiger partial charge is 0.358 e. The number of hydrogen-bond acceptors (Lipinski definition) is 4. The number of ether oxygens (including phenoxy) is 1. The van der Waals surface area contributed by atoms with Gasteiger partial charge in [0.15, 0.2) is 10.4 Å². The molecule has 172 valence electrons. The van der Waals surface area contributed by atoms with Crippen LogP contribution in [0.25, 0.3) is 0 Å². The van der Waals surface area contributed by atoms with Crippen molar-refractivity contribution in [3.63, 3.8) is 0 Å². The largest absolute Gasteiger partial charge is 0.461 e. The molecule has 0 fully saturated rings. The monoisotopic (exact) mass is 535 g/mol. The number of esters is 1. The van der Waals surface area contributed by atoms with Crippen LogP contribution in [0.2, 0.25) is 5.02 Å². The quantitative estimate of drug-likeness (QED) is 0.320. The molecule has 1 aromatic heterocycles. The zero-order chi connectivity index (χ0) is 24.3. The van der Waals surface area contributed by atoms with E-state index in [0.29, 0.717) is 21.6 Å². The Morgan fingerprint density at radius 3 is 2.55 bits per heavy atom. The molecule has 2 aromatic carbocycles. The van der Waals surface area contributed by atoms with Gasteiger partial charge in [-0.25, -0.2) is 18.6 Å². The first-order chi connectivity index (χ1) is 15.7. The van der Waals surface area contributed by atoms with Crippen molar-refractivity contribution in [3.05, 3.63) is 85.9 Å².